The van der Waals surface area contributed by atoms with Gasteiger partial charge in [-0.1, -0.05) is 45.0 Å². The Morgan fingerprint density at radius 3 is 2.35 bits per heavy atom. The van der Waals surface area contributed by atoms with Gasteiger partial charge >= 0.3 is 0 Å². The summed E-state index contributed by atoms with van der Waals surface area (Å²) in [4.78, 5) is 4.51. The van der Waals surface area contributed by atoms with Gasteiger partial charge in [-0.2, -0.15) is 0 Å². The Hall–Kier alpha value is -1.61. The van der Waals surface area contributed by atoms with E-state index in [4.69, 9.17) is 0 Å². The van der Waals surface area contributed by atoms with Crippen LogP contribution in [0, 0.1) is 0 Å². The summed E-state index contributed by atoms with van der Waals surface area (Å²) in [7, 11) is 1.98. The highest BCUT2D eigenvalue weighted by atomic mass is 15.1. The lowest BCUT2D eigenvalue weighted by Crippen LogP contribution is -2.22. The molecule has 2 rings (SSSR count). The van der Waals surface area contributed by atoms with Crippen LogP contribution < -0.4 is 5.32 Å². The van der Waals surface area contributed by atoms with E-state index in [-0.39, 0.29) is 11.5 Å². The fourth-order valence-electron chi connectivity index (χ4n) is 2.47. The molecule has 1 aromatic heterocycles. The van der Waals surface area contributed by atoms with Crippen molar-refractivity contribution in [1.29, 1.82) is 0 Å². The first-order chi connectivity index (χ1) is 9.47. The smallest absolute Gasteiger partial charge is 0.130 e. The van der Waals surface area contributed by atoms with Gasteiger partial charge in [-0.3, -0.25) is 0 Å². The molecule has 0 bridgehead atoms. The van der Waals surface area contributed by atoms with Crippen molar-refractivity contribution in [2.45, 2.75) is 45.7 Å². The van der Waals surface area contributed by atoms with E-state index >= 15 is 0 Å². The predicted molar refractivity (Wildman–Crippen MR) is 83.9 cm³/mol. The van der Waals surface area contributed by atoms with Crippen LogP contribution in [-0.4, -0.2) is 16.6 Å². The van der Waals surface area contributed by atoms with Crippen LogP contribution in [0.3, 0.4) is 0 Å². The maximum Gasteiger partial charge on any atom is 0.130 e. The van der Waals surface area contributed by atoms with Crippen molar-refractivity contribution in [2.24, 2.45) is 0 Å². The highest BCUT2D eigenvalue weighted by Gasteiger charge is 2.18. The number of nitrogens with zero attached hydrogens (tertiary/aromatic N) is 2. The second kappa shape index (κ2) is 5.80. The van der Waals surface area contributed by atoms with Crippen LogP contribution in [0.1, 0.15) is 50.7 Å². The first-order valence-corrected chi connectivity index (χ1v) is 7.26. The zero-order chi connectivity index (χ0) is 14.8. The van der Waals surface area contributed by atoms with Crippen molar-refractivity contribution in [2.75, 3.05) is 7.05 Å². The lowest BCUT2D eigenvalue weighted by Gasteiger charge is -2.21. The quantitative estimate of drug-likeness (QED) is 0.922. The largest absolute Gasteiger partial charge is 0.334 e. The number of rotatable bonds is 4. The molecule has 3 heteroatoms. The van der Waals surface area contributed by atoms with Crippen LogP contribution in [-0.2, 0) is 12.0 Å². The van der Waals surface area contributed by atoms with Crippen molar-refractivity contribution in [3.8, 4) is 0 Å². The molecule has 2 aromatic rings. The van der Waals surface area contributed by atoms with E-state index in [0.29, 0.717) is 0 Å². The summed E-state index contributed by atoms with van der Waals surface area (Å²) in [6, 6.07) is 8.99. The zero-order valence-electron chi connectivity index (χ0n) is 13.1. The Morgan fingerprint density at radius 1 is 1.20 bits per heavy atom. The lowest BCUT2D eigenvalue weighted by atomic mass is 9.86. The van der Waals surface area contributed by atoms with Gasteiger partial charge in [-0.05, 0) is 30.5 Å². The Bertz CT molecular complexity index is 546. The minimum absolute atomic E-state index is 0.138. The first-order valence-electron chi connectivity index (χ1n) is 7.26. The second-order valence-electron chi connectivity index (χ2n) is 6.17. The summed E-state index contributed by atoms with van der Waals surface area (Å²) in [5.74, 6) is 1.07. The van der Waals surface area contributed by atoms with E-state index in [1.807, 2.05) is 19.4 Å². The third-order valence-corrected chi connectivity index (χ3v) is 3.75. The van der Waals surface area contributed by atoms with E-state index in [0.717, 1.165) is 12.4 Å². The van der Waals surface area contributed by atoms with Crippen LogP contribution in [0.4, 0.5) is 0 Å². The molecule has 0 radical (unpaired) electrons. The van der Waals surface area contributed by atoms with Crippen LogP contribution in [0.25, 0.3) is 0 Å². The predicted octanol–water partition coefficient (Wildman–Crippen LogP) is 3.51. The number of imidazole rings is 1. The molecule has 0 aliphatic carbocycles. The normalized spacial score (nSPS) is 13.4. The number of nitrogens with one attached hydrogen (secondary N) is 1. The third kappa shape index (κ3) is 2.93. The molecule has 108 valence electrons. The summed E-state index contributed by atoms with van der Waals surface area (Å²) in [5, 5.41) is 3.37. The maximum absolute atomic E-state index is 4.51. The Kier molecular flexibility index (Phi) is 4.29. The fraction of sp³-hybridized carbons (Fsp3) is 0.471. The van der Waals surface area contributed by atoms with E-state index in [1.165, 1.54) is 11.1 Å². The van der Waals surface area contributed by atoms with Gasteiger partial charge in [0.25, 0.3) is 0 Å². The minimum Gasteiger partial charge on any atom is -0.334 e. The van der Waals surface area contributed by atoms with Gasteiger partial charge in [0.15, 0.2) is 0 Å². The van der Waals surface area contributed by atoms with E-state index < -0.39 is 0 Å². The Morgan fingerprint density at radius 2 is 1.85 bits per heavy atom. The Labute approximate surface area is 122 Å². The SMILES string of the molecule is CCn1ccnc1C(NC)c1ccc(C(C)(C)C)cc1. The van der Waals surface area contributed by atoms with E-state index in [2.05, 4.69) is 66.8 Å². The molecule has 1 aromatic carbocycles. The maximum atomic E-state index is 4.51. The summed E-state index contributed by atoms with van der Waals surface area (Å²) in [6.45, 7) is 9.79. The van der Waals surface area contributed by atoms with Gasteiger partial charge in [0.05, 0.1) is 6.04 Å². The summed E-state index contributed by atoms with van der Waals surface area (Å²) < 4.78 is 2.18. The van der Waals surface area contributed by atoms with E-state index in [9.17, 15) is 0 Å². The standard InChI is InChI=1S/C17H25N3/c1-6-20-12-11-19-16(20)15(18-5)13-7-9-14(10-8-13)17(2,3)4/h7-12,15,18H,6H2,1-5H3. The van der Waals surface area contributed by atoms with Gasteiger partial charge in [0.1, 0.15) is 5.82 Å². The monoisotopic (exact) mass is 271 g/mol. The molecule has 1 heterocycles. The van der Waals surface area contributed by atoms with Gasteiger partial charge in [-0.25, -0.2) is 4.98 Å². The van der Waals surface area contributed by atoms with Crippen molar-refractivity contribution >= 4 is 0 Å². The third-order valence-electron chi connectivity index (χ3n) is 3.75. The van der Waals surface area contributed by atoms with Gasteiger partial charge < -0.3 is 9.88 Å². The van der Waals surface area contributed by atoms with Crippen molar-refractivity contribution in [3.05, 3.63) is 53.6 Å². The van der Waals surface area contributed by atoms with Gasteiger partial charge in [-0.15, -0.1) is 0 Å². The molecule has 0 aliphatic rings. The average Bonchev–Trinajstić information content (AvgIpc) is 2.87. The molecule has 0 saturated carbocycles. The first kappa shape index (κ1) is 14.8. The van der Waals surface area contributed by atoms with Crippen LogP contribution >= 0.6 is 0 Å². The molecule has 1 N–H and O–H groups in total. The van der Waals surface area contributed by atoms with Crippen LogP contribution in [0.2, 0.25) is 0 Å². The molecular weight excluding hydrogens is 246 g/mol. The van der Waals surface area contributed by atoms with Crippen molar-refractivity contribution in [1.82, 2.24) is 14.9 Å². The molecule has 1 unspecified atom stereocenters. The summed E-state index contributed by atoms with van der Waals surface area (Å²) in [5.41, 5.74) is 2.80. The van der Waals surface area contributed by atoms with Crippen LogP contribution in [0.5, 0.6) is 0 Å². The number of aryl methyl sites for hydroxylation is 1. The molecular formula is C17H25N3. The minimum atomic E-state index is 0.138. The molecule has 20 heavy (non-hydrogen) atoms. The highest BCUT2D eigenvalue weighted by molar-refractivity contribution is 5.32. The summed E-state index contributed by atoms with van der Waals surface area (Å²) in [6.07, 6.45) is 3.90. The molecule has 0 saturated heterocycles. The zero-order valence-corrected chi connectivity index (χ0v) is 13.1. The topological polar surface area (TPSA) is 29.9 Å². The van der Waals surface area contributed by atoms with E-state index in [1.54, 1.807) is 0 Å². The van der Waals surface area contributed by atoms with Crippen LogP contribution in [0.15, 0.2) is 36.7 Å². The molecule has 3 nitrogen and oxygen atoms in total. The summed E-state index contributed by atoms with van der Waals surface area (Å²) >= 11 is 0. The van der Waals surface area contributed by atoms with Gasteiger partial charge in [0, 0.05) is 18.9 Å². The Balaban J connectivity index is 2.33. The highest BCUT2D eigenvalue weighted by Crippen LogP contribution is 2.26. The van der Waals surface area contributed by atoms with Crippen molar-refractivity contribution in [3.63, 3.8) is 0 Å². The molecule has 0 amide bonds. The van der Waals surface area contributed by atoms with Crippen molar-refractivity contribution < 1.29 is 0 Å². The molecule has 1 atom stereocenters. The number of aromatic nitrogens is 2. The molecule has 0 aliphatic heterocycles. The second-order valence-corrected chi connectivity index (χ2v) is 6.17. The van der Waals surface area contributed by atoms with Gasteiger partial charge in [0.2, 0.25) is 0 Å². The molecule has 0 fully saturated rings. The average molecular weight is 271 g/mol. The molecule has 0 spiro atoms. The lowest BCUT2D eigenvalue weighted by molar-refractivity contribution is 0.581. The number of benzene rings is 1. The number of hydrogen-bond acceptors (Lipinski definition) is 2. The number of hydrogen-bond donors (Lipinski definition) is 1. The fourth-order valence-corrected chi connectivity index (χ4v) is 2.47.